The molecule has 0 unspecified atom stereocenters. The number of carbonyl (C=O) groups is 1. The monoisotopic (exact) mass is 341 g/mol. The highest BCUT2D eigenvalue weighted by atomic mass is 19.1. The molecule has 1 fully saturated rings. The van der Waals surface area contributed by atoms with Crippen molar-refractivity contribution in [3.05, 3.63) is 71.5 Å². The number of carbonyl (C=O) groups excluding carboxylic acids is 1. The minimum atomic E-state index is -0.460. The van der Waals surface area contributed by atoms with Gasteiger partial charge in [-0.25, -0.2) is 4.39 Å². The fourth-order valence-corrected chi connectivity index (χ4v) is 3.45. The van der Waals surface area contributed by atoms with Crippen LogP contribution in [0.5, 0.6) is 0 Å². The van der Waals surface area contributed by atoms with Crippen LogP contribution in [0.4, 0.5) is 4.39 Å². The van der Waals surface area contributed by atoms with Gasteiger partial charge < -0.3 is 10.0 Å². The molecule has 25 heavy (non-hydrogen) atoms. The number of likely N-dealkylation sites (tertiary alicyclic amines) is 1. The molecule has 4 heteroatoms. The first-order chi connectivity index (χ1) is 12.1. The van der Waals surface area contributed by atoms with Crippen molar-refractivity contribution in [3.8, 4) is 0 Å². The van der Waals surface area contributed by atoms with Gasteiger partial charge in [-0.2, -0.15) is 0 Å². The molecule has 2 aromatic carbocycles. The number of aliphatic hydroxyl groups excluding tert-OH is 1. The summed E-state index contributed by atoms with van der Waals surface area (Å²) in [6, 6.07) is 16.0. The van der Waals surface area contributed by atoms with Gasteiger partial charge in [-0.3, -0.25) is 4.79 Å². The Bertz CT molecular complexity index is 679. The summed E-state index contributed by atoms with van der Waals surface area (Å²) in [6.45, 7) is 1.38. The van der Waals surface area contributed by atoms with E-state index in [4.69, 9.17) is 0 Å². The van der Waals surface area contributed by atoms with E-state index in [1.807, 2.05) is 35.2 Å². The molecular formula is C21H24FNO2. The Morgan fingerprint density at radius 2 is 1.72 bits per heavy atom. The van der Waals surface area contributed by atoms with E-state index < -0.39 is 6.10 Å². The first kappa shape index (κ1) is 17.6. The third-order valence-electron chi connectivity index (χ3n) is 5.02. The van der Waals surface area contributed by atoms with Crippen LogP contribution in [-0.4, -0.2) is 29.0 Å². The number of aliphatic hydroxyl groups is 1. The molecule has 0 radical (unpaired) electrons. The minimum Gasteiger partial charge on any atom is -0.388 e. The summed E-state index contributed by atoms with van der Waals surface area (Å²) in [4.78, 5) is 14.3. The smallest absolute Gasteiger partial charge is 0.222 e. The lowest BCUT2D eigenvalue weighted by Crippen LogP contribution is -2.39. The number of hydrogen-bond donors (Lipinski definition) is 1. The maximum absolute atomic E-state index is 12.9. The molecule has 1 saturated heterocycles. The average Bonchev–Trinajstić information content (AvgIpc) is 2.67. The summed E-state index contributed by atoms with van der Waals surface area (Å²) in [5.74, 6) is 0.0784. The molecule has 1 heterocycles. The SMILES string of the molecule is O=C(CCc1ccc(F)cc1)N1CCC([C@@H](O)c2ccccc2)CC1. The molecule has 0 aromatic heterocycles. The summed E-state index contributed by atoms with van der Waals surface area (Å²) < 4.78 is 12.9. The molecule has 3 nitrogen and oxygen atoms in total. The predicted molar refractivity (Wildman–Crippen MR) is 95.4 cm³/mol. The Morgan fingerprint density at radius 3 is 2.36 bits per heavy atom. The zero-order chi connectivity index (χ0) is 17.6. The first-order valence-corrected chi connectivity index (χ1v) is 8.89. The Balaban J connectivity index is 1.46. The quantitative estimate of drug-likeness (QED) is 0.900. The Hall–Kier alpha value is -2.20. The van der Waals surface area contributed by atoms with Crippen LogP contribution >= 0.6 is 0 Å². The molecule has 0 bridgehead atoms. The van der Waals surface area contributed by atoms with Crippen LogP contribution < -0.4 is 0 Å². The van der Waals surface area contributed by atoms with Crippen molar-refractivity contribution in [2.75, 3.05) is 13.1 Å². The van der Waals surface area contributed by atoms with E-state index in [9.17, 15) is 14.3 Å². The minimum absolute atomic E-state index is 0.136. The van der Waals surface area contributed by atoms with Crippen LogP contribution in [0, 0.1) is 11.7 Å². The van der Waals surface area contributed by atoms with Crippen LogP contribution in [-0.2, 0) is 11.2 Å². The number of benzene rings is 2. The van der Waals surface area contributed by atoms with Crippen molar-refractivity contribution in [2.45, 2.75) is 31.8 Å². The van der Waals surface area contributed by atoms with Crippen molar-refractivity contribution in [3.63, 3.8) is 0 Å². The van der Waals surface area contributed by atoms with E-state index in [1.165, 1.54) is 12.1 Å². The predicted octanol–water partition coefficient (Wildman–Crippen LogP) is 3.73. The molecule has 2 aromatic rings. The Morgan fingerprint density at radius 1 is 1.08 bits per heavy atom. The zero-order valence-electron chi connectivity index (χ0n) is 14.3. The summed E-state index contributed by atoms with van der Waals surface area (Å²) in [6.07, 6.45) is 2.25. The van der Waals surface area contributed by atoms with Crippen molar-refractivity contribution >= 4 is 5.91 Å². The van der Waals surface area contributed by atoms with Gasteiger partial charge in [-0.05, 0) is 48.4 Å². The molecule has 132 valence electrons. The fraction of sp³-hybridized carbons (Fsp3) is 0.381. The lowest BCUT2D eigenvalue weighted by atomic mass is 9.87. The van der Waals surface area contributed by atoms with Gasteiger partial charge >= 0.3 is 0 Å². The van der Waals surface area contributed by atoms with E-state index in [-0.39, 0.29) is 17.6 Å². The number of rotatable bonds is 5. The molecule has 1 N–H and O–H groups in total. The van der Waals surface area contributed by atoms with Crippen LogP contribution in [0.2, 0.25) is 0 Å². The lowest BCUT2D eigenvalue weighted by molar-refractivity contribution is -0.133. The van der Waals surface area contributed by atoms with Gasteiger partial charge in [0.25, 0.3) is 0 Å². The number of nitrogens with zero attached hydrogens (tertiary/aromatic N) is 1. The van der Waals surface area contributed by atoms with E-state index in [0.29, 0.717) is 25.9 Å². The molecule has 1 atom stereocenters. The normalized spacial score (nSPS) is 16.6. The molecule has 0 spiro atoms. The second-order valence-electron chi connectivity index (χ2n) is 6.70. The van der Waals surface area contributed by atoms with E-state index in [1.54, 1.807) is 12.1 Å². The number of piperidine rings is 1. The summed E-state index contributed by atoms with van der Waals surface area (Å²) in [5.41, 5.74) is 1.92. The Labute approximate surface area is 148 Å². The van der Waals surface area contributed by atoms with Gasteiger partial charge in [0, 0.05) is 19.5 Å². The summed E-state index contributed by atoms with van der Waals surface area (Å²) >= 11 is 0. The van der Waals surface area contributed by atoms with Gasteiger partial charge in [0.15, 0.2) is 0 Å². The third kappa shape index (κ3) is 4.67. The Kier molecular flexibility index (Phi) is 5.82. The van der Waals surface area contributed by atoms with E-state index >= 15 is 0 Å². The lowest BCUT2D eigenvalue weighted by Gasteiger charge is -2.34. The molecule has 1 amide bonds. The molecule has 1 aliphatic heterocycles. The molecule has 0 saturated carbocycles. The summed E-state index contributed by atoms with van der Waals surface area (Å²) in [5, 5.41) is 10.5. The second-order valence-corrected chi connectivity index (χ2v) is 6.70. The maximum atomic E-state index is 12.9. The zero-order valence-corrected chi connectivity index (χ0v) is 14.3. The van der Waals surface area contributed by atoms with Crippen molar-refractivity contribution in [1.29, 1.82) is 0 Å². The van der Waals surface area contributed by atoms with Gasteiger partial charge in [0.05, 0.1) is 6.10 Å². The highest BCUT2D eigenvalue weighted by Crippen LogP contribution is 2.30. The second kappa shape index (κ2) is 8.26. The van der Waals surface area contributed by atoms with Gasteiger partial charge in [-0.15, -0.1) is 0 Å². The number of hydrogen-bond acceptors (Lipinski definition) is 2. The topological polar surface area (TPSA) is 40.5 Å². The number of aryl methyl sites for hydroxylation is 1. The third-order valence-corrected chi connectivity index (χ3v) is 5.02. The van der Waals surface area contributed by atoms with Crippen LogP contribution in [0.1, 0.15) is 36.5 Å². The molecule has 1 aliphatic rings. The highest BCUT2D eigenvalue weighted by molar-refractivity contribution is 5.76. The molecular weight excluding hydrogens is 317 g/mol. The molecule has 3 rings (SSSR count). The van der Waals surface area contributed by atoms with Crippen molar-refractivity contribution in [1.82, 2.24) is 4.90 Å². The summed E-state index contributed by atoms with van der Waals surface area (Å²) in [7, 11) is 0. The molecule has 0 aliphatic carbocycles. The first-order valence-electron chi connectivity index (χ1n) is 8.89. The maximum Gasteiger partial charge on any atom is 0.222 e. The standard InChI is InChI=1S/C21H24FNO2/c22-19-9-6-16(7-10-19)8-11-20(24)23-14-12-18(13-15-23)21(25)17-4-2-1-3-5-17/h1-7,9-10,18,21,25H,8,11-15H2/t21-/m0/s1. The van der Waals surface area contributed by atoms with E-state index in [2.05, 4.69) is 0 Å². The highest BCUT2D eigenvalue weighted by Gasteiger charge is 2.27. The van der Waals surface area contributed by atoms with Crippen LogP contribution in [0.15, 0.2) is 54.6 Å². The van der Waals surface area contributed by atoms with Gasteiger partial charge in [-0.1, -0.05) is 42.5 Å². The number of halogens is 1. The van der Waals surface area contributed by atoms with Crippen molar-refractivity contribution in [2.24, 2.45) is 5.92 Å². The van der Waals surface area contributed by atoms with Gasteiger partial charge in [0.2, 0.25) is 5.91 Å². The largest absolute Gasteiger partial charge is 0.388 e. The van der Waals surface area contributed by atoms with Crippen LogP contribution in [0.25, 0.3) is 0 Å². The van der Waals surface area contributed by atoms with E-state index in [0.717, 1.165) is 24.0 Å². The average molecular weight is 341 g/mol. The van der Waals surface area contributed by atoms with Crippen molar-refractivity contribution < 1.29 is 14.3 Å². The van der Waals surface area contributed by atoms with Crippen LogP contribution in [0.3, 0.4) is 0 Å². The fourth-order valence-electron chi connectivity index (χ4n) is 3.45. The number of amides is 1. The van der Waals surface area contributed by atoms with Gasteiger partial charge in [0.1, 0.15) is 5.82 Å².